The van der Waals surface area contributed by atoms with Crippen LogP contribution in [-0.2, 0) is 16.2 Å². The molecule has 2 amide bonds. The first-order chi connectivity index (χ1) is 15.9. The van der Waals surface area contributed by atoms with Crippen molar-refractivity contribution in [1.82, 2.24) is 5.43 Å². The number of amides is 2. The van der Waals surface area contributed by atoms with E-state index in [1.165, 1.54) is 7.11 Å². The lowest BCUT2D eigenvalue weighted by molar-refractivity contribution is -0.136. The van der Waals surface area contributed by atoms with Gasteiger partial charge in [-0.05, 0) is 55.5 Å². The molecule has 0 fully saturated rings. The maximum absolute atomic E-state index is 12.1. The summed E-state index contributed by atoms with van der Waals surface area (Å²) in [6, 6.07) is 19.5. The second kappa shape index (κ2) is 11.5. The van der Waals surface area contributed by atoms with Crippen molar-refractivity contribution in [1.29, 1.82) is 0 Å². The monoisotopic (exact) mass is 529 g/mol. The van der Waals surface area contributed by atoms with E-state index >= 15 is 0 Å². The molecule has 0 aliphatic rings. The Morgan fingerprint density at radius 3 is 2.42 bits per heavy atom. The van der Waals surface area contributed by atoms with Crippen molar-refractivity contribution in [3.63, 3.8) is 0 Å². The van der Waals surface area contributed by atoms with Crippen LogP contribution in [0.2, 0.25) is 5.02 Å². The highest BCUT2D eigenvalue weighted by atomic mass is 79.9. The molecule has 0 unspecified atom stereocenters. The highest BCUT2D eigenvalue weighted by Crippen LogP contribution is 2.30. The van der Waals surface area contributed by atoms with Gasteiger partial charge >= 0.3 is 11.8 Å². The summed E-state index contributed by atoms with van der Waals surface area (Å²) in [4.78, 5) is 24.1. The van der Waals surface area contributed by atoms with Crippen molar-refractivity contribution in [3.8, 4) is 11.5 Å². The Morgan fingerprint density at radius 1 is 1.00 bits per heavy atom. The van der Waals surface area contributed by atoms with Gasteiger partial charge in [0, 0.05) is 26.3 Å². The lowest BCUT2D eigenvalue weighted by Gasteiger charge is -2.13. The smallest absolute Gasteiger partial charge is 0.329 e. The number of methoxy groups -OCH3 is 1. The first-order valence-corrected chi connectivity index (χ1v) is 11.0. The molecule has 0 atom stereocenters. The zero-order chi connectivity index (χ0) is 23.8. The number of carbonyl (C=O) groups is 2. The second-order valence-electron chi connectivity index (χ2n) is 6.84. The third-order valence-electron chi connectivity index (χ3n) is 4.56. The van der Waals surface area contributed by atoms with Crippen LogP contribution in [-0.4, -0.2) is 24.6 Å². The zero-order valence-electron chi connectivity index (χ0n) is 17.9. The van der Waals surface area contributed by atoms with E-state index in [4.69, 9.17) is 21.1 Å². The van der Waals surface area contributed by atoms with Crippen molar-refractivity contribution >= 4 is 50.7 Å². The van der Waals surface area contributed by atoms with E-state index in [1.807, 2.05) is 18.2 Å². The van der Waals surface area contributed by atoms with Gasteiger partial charge in [0.25, 0.3) is 0 Å². The van der Waals surface area contributed by atoms with Gasteiger partial charge in [-0.1, -0.05) is 45.7 Å². The van der Waals surface area contributed by atoms with Crippen LogP contribution in [0.3, 0.4) is 0 Å². The van der Waals surface area contributed by atoms with Gasteiger partial charge in [0.2, 0.25) is 0 Å². The SMILES string of the molecule is COc1cc(/C(C)=N/NC(=O)C(=O)Nc2ccc(Br)cc2)ccc1OCc1ccccc1Cl. The normalized spacial score (nSPS) is 11.0. The fraction of sp³-hybridized carbons (Fsp3) is 0.125. The lowest BCUT2D eigenvalue weighted by Crippen LogP contribution is -2.32. The predicted octanol–water partition coefficient (Wildman–Crippen LogP) is 5.17. The van der Waals surface area contributed by atoms with E-state index in [1.54, 1.807) is 55.5 Å². The molecular weight excluding hydrogens is 510 g/mol. The van der Waals surface area contributed by atoms with E-state index in [-0.39, 0.29) is 6.61 Å². The molecule has 7 nitrogen and oxygen atoms in total. The number of halogens is 2. The van der Waals surface area contributed by atoms with Crippen molar-refractivity contribution in [3.05, 3.63) is 87.4 Å². The number of anilines is 1. The number of ether oxygens (including phenoxy) is 2. The van der Waals surface area contributed by atoms with Gasteiger partial charge in [-0.2, -0.15) is 5.10 Å². The number of rotatable bonds is 7. The number of carbonyl (C=O) groups excluding carboxylic acids is 2. The minimum atomic E-state index is -0.885. The number of hydrogen-bond acceptors (Lipinski definition) is 5. The Labute approximate surface area is 204 Å². The number of hydrazone groups is 1. The van der Waals surface area contributed by atoms with E-state index in [2.05, 4.69) is 31.8 Å². The zero-order valence-corrected chi connectivity index (χ0v) is 20.2. The third-order valence-corrected chi connectivity index (χ3v) is 5.45. The van der Waals surface area contributed by atoms with Crippen LogP contribution in [0.25, 0.3) is 0 Å². The van der Waals surface area contributed by atoms with Gasteiger partial charge < -0.3 is 14.8 Å². The molecule has 3 aromatic rings. The highest BCUT2D eigenvalue weighted by molar-refractivity contribution is 9.10. The fourth-order valence-corrected chi connectivity index (χ4v) is 3.21. The summed E-state index contributed by atoms with van der Waals surface area (Å²) >= 11 is 9.48. The van der Waals surface area contributed by atoms with Crippen LogP contribution >= 0.6 is 27.5 Å². The van der Waals surface area contributed by atoms with E-state index in [0.717, 1.165) is 10.0 Å². The summed E-state index contributed by atoms with van der Waals surface area (Å²) in [6.45, 7) is 1.98. The molecule has 0 saturated carbocycles. The van der Waals surface area contributed by atoms with Crippen molar-refractivity contribution in [2.75, 3.05) is 12.4 Å². The molecule has 0 heterocycles. The summed E-state index contributed by atoms with van der Waals surface area (Å²) in [5.74, 6) is -0.681. The molecule has 33 heavy (non-hydrogen) atoms. The summed E-state index contributed by atoms with van der Waals surface area (Å²) < 4.78 is 12.1. The molecule has 0 spiro atoms. The van der Waals surface area contributed by atoms with Crippen molar-refractivity contribution in [2.24, 2.45) is 5.10 Å². The molecule has 9 heteroatoms. The first kappa shape index (κ1) is 24.3. The Balaban J connectivity index is 1.63. The van der Waals surface area contributed by atoms with Gasteiger partial charge in [-0.25, -0.2) is 5.43 Å². The van der Waals surface area contributed by atoms with Gasteiger partial charge in [0.1, 0.15) is 6.61 Å². The Morgan fingerprint density at radius 2 is 1.73 bits per heavy atom. The number of nitrogens with one attached hydrogen (secondary N) is 2. The summed E-state index contributed by atoms with van der Waals surface area (Å²) in [7, 11) is 1.53. The molecule has 3 rings (SSSR count). The summed E-state index contributed by atoms with van der Waals surface area (Å²) in [5, 5.41) is 7.14. The average molecular weight is 531 g/mol. The van der Waals surface area contributed by atoms with E-state index < -0.39 is 11.8 Å². The number of hydrogen-bond donors (Lipinski definition) is 2. The van der Waals surface area contributed by atoms with Gasteiger partial charge in [-0.15, -0.1) is 0 Å². The van der Waals surface area contributed by atoms with Crippen LogP contribution in [0, 0.1) is 0 Å². The molecule has 0 aromatic heterocycles. The largest absolute Gasteiger partial charge is 0.493 e. The maximum atomic E-state index is 12.1. The van der Waals surface area contributed by atoms with Crippen LogP contribution in [0.5, 0.6) is 11.5 Å². The number of nitrogens with zero attached hydrogens (tertiary/aromatic N) is 1. The molecule has 2 N–H and O–H groups in total. The first-order valence-electron chi connectivity index (χ1n) is 9.83. The predicted molar refractivity (Wildman–Crippen MR) is 132 cm³/mol. The molecule has 0 aliphatic heterocycles. The third kappa shape index (κ3) is 6.81. The highest BCUT2D eigenvalue weighted by Gasteiger charge is 2.14. The molecular formula is C24H21BrClN3O4. The minimum Gasteiger partial charge on any atom is -0.493 e. The Bertz CT molecular complexity index is 1180. The molecule has 0 radical (unpaired) electrons. The van der Waals surface area contributed by atoms with Gasteiger partial charge in [0.05, 0.1) is 12.8 Å². The molecule has 0 bridgehead atoms. The molecule has 0 aliphatic carbocycles. The van der Waals surface area contributed by atoms with Gasteiger partial charge in [0.15, 0.2) is 11.5 Å². The topological polar surface area (TPSA) is 89.0 Å². The van der Waals surface area contributed by atoms with E-state index in [9.17, 15) is 9.59 Å². The van der Waals surface area contributed by atoms with Crippen molar-refractivity contribution < 1.29 is 19.1 Å². The van der Waals surface area contributed by atoms with Gasteiger partial charge in [-0.3, -0.25) is 9.59 Å². The lowest BCUT2D eigenvalue weighted by atomic mass is 10.1. The standard InChI is InChI=1S/C24H21BrClN3O4/c1-15(28-29-24(31)23(30)27-19-10-8-18(25)9-11-19)16-7-12-21(22(13-16)32-2)33-14-17-5-3-4-6-20(17)26/h3-13H,14H2,1-2H3,(H,27,30)(H,29,31)/b28-15+. The van der Waals surface area contributed by atoms with E-state index in [0.29, 0.717) is 33.5 Å². The molecule has 3 aromatic carbocycles. The fourth-order valence-electron chi connectivity index (χ4n) is 2.75. The van der Waals surface area contributed by atoms with Crippen LogP contribution in [0.15, 0.2) is 76.3 Å². The quantitative estimate of drug-likeness (QED) is 0.251. The van der Waals surface area contributed by atoms with Crippen LogP contribution < -0.4 is 20.2 Å². The van der Waals surface area contributed by atoms with Crippen LogP contribution in [0.1, 0.15) is 18.1 Å². The minimum absolute atomic E-state index is 0.284. The Hall–Kier alpha value is -3.36. The number of benzene rings is 3. The van der Waals surface area contributed by atoms with Crippen LogP contribution in [0.4, 0.5) is 5.69 Å². The summed E-state index contributed by atoms with van der Waals surface area (Å²) in [5.41, 5.74) is 4.78. The summed E-state index contributed by atoms with van der Waals surface area (Å²) in [6.07, 6.45) is 0. The van der Waals surface area contributed by atoms with Crippen molar-refractivity contribution in [2.45, 2.75) is 13.5 Å². The maximum Gasteiger partial charge on any atom is 0.329 e. The average Bonchev–Trinajstić information content (AvgIpc) is 2.83. The Kier molecular flexibility index (Phi) is 8.46. The molecule has 170 valence electrons. The molecule has 0 saturated heterocycles. The second-order valence-corrected chi connectivity index (χ2v) is 8.17.